The number of hydrogen-bond acceptors (Lipinski definition) is 5. The number of benzene rings is 2. The molecule has 0 bridgehead atoms. The highest BCUT2D eigenvalue weighted by Gasteiger charge is 2.27. The Bertz CT molecular complexity index is 1270. The number of hydrogen-bond donors (Lipinski definition) is 1. The Balaban J connectivity index is 1.35. The molecular weight excluding hydrogens is 464 g/mol. The third kappa shape index (κ3) is 5.34. The van der Waals surface area contributed by atoms with E-state index in [2.05, 4.69) is 53.1 Å². The molecule has 0 fully saturated rings. The average Bonchev–Trinajstić information content (AvgIpc) is 3.60. The maximum Gasteiger partial charge on any atom is 0.256 e. The second-order valence-electron chi connectivity index (χ2n) is 10.4. The van der Waals surface area contributed by atoms with Crippen molar-refractivity contribution in [3.63, 3.8) is 0 Å². The van der Waals surface area contributed by atoms with Crippen LogP contribution in [0.15, 0.2) is 36.4 Å². The monoisotopic (exact) mass is 502 g/mol. The van der Waals surface area contributed by atoms with Crippen LogP contribution in [0.2, 0.25) is 0 Å². The summed E-state index contributed by atoms with van der Waals surface area (Å²) in [5, 5.41) is 12.8. The predicted octanol–water partition coefficient (Wildman–Crippen LogP) is 3.79. The van der Waals surface area contributed by atoms with Crippen LogP contribution < -0.4 is 10.2 Å². The number of fused-ring (bicyclic) bond motifs is 4. The van der Waals surface area contributed by atoms with Crippen LogP contribution in [-0.4, -0.2) is 58.3 Å². The number of carbonyl (C=O) groups is 2. The first-order valence-electron chi connectivity index (χ1n) is 13.5. The Morgan fingerprint density at radius 2 is 1.84 bits per heavy atom. The van der Waals surface area contributed by atoms with Gasteiger partial charge in [0, 0.05) is 50.0 Å². The molecule has 37 heavy (non-hydrogen) atoms. The summed E-state index contributed by atoms with van der Waals surface area (Å²) in [6.45, 7) is 7.48. The first kappa shape index (κ1) is 25.3. The van der Waals surface area contributed by atoms with E-state index >= 15 is 0 Å². The molecular formula is C29H38N6O2. The largest absolute Gasteiger partial charge is 0.355 e. The fourth-order valence-electron chi connectivity index (χ4n) is 5.52. The molecule has 1 aromatic heterocycles. The molecule has 1 N–H and O–H groups in total. The highest BCUT2D eigenvalue weighted by molar-refractivity contribution is 5.91. The highest BCUT2D eigenvalue weighted by atomic mass is 16.2. The van der Waals surface area contributed by atoms with Gasteiger partial charge in [0.2, 0.25) is 5.91 Å². The van der Waals surface area contributed by atoms with Crippen molar-refractivity contribution in [2.45, 2.75) is 65.6 Å². The second kappa shape index (κ2) is 10.9. The first-order chi connectivity index (χ1) is 17.9. The van der Waals surface area contributed by atoms with E-state index in [-0.39, 0.29) is 24.9 Å². The van der Waals surface area contributed by atoms with Gasteiger partial charge in [-0.15, -0.1) is 0 Å². The molecule has 0 saturated carbocycles. The van der Waals surface area contributed by atoms with E-state index in [0.29, 0.717) is 19.6 Å². The molecule has 3 heterocycles. The Morgan fingerprint density at radius 3 is 2.57 bits per heavy atom. The number of nitrogens with zero attached hydrogens (tertiary/aromatic N) is 5. The quantitative estimate of drug-likeness (QED) is 0.427. The molecule has 8 heteroatoms. The molecule has 5 rings (SSSR count). The topological polar surface area (TPSA) is 73.7 Å². The van der Waals surface area contributed by atoms with Gasteiger partial charge in [-0.2, -0.15) is 5.10 Å². The molecule has 2 aromatic carbocycles. The van der Waals surface area contributed by atoms with Crippen LogP contribution in [0.1, 0.15) is 55.0 Å². The zero-order valence-electron chi connectivity index (χ0n) is 22.3. The van der Waals surface area contributed by atoms with E-state index in [4.69, 9.17) is 5.10 Å². The van der Waals surface area contributed by atoms with Crippen molar-refractivity contribution in [1.82, 2.24) is 25.1 Å². The van der Waals surface area contributed by atoms with Crippen molar-refractivity contribution in [2.24, 2.45) is 0 Å². The van der Waals surface area contributed by atoms with Gasteiger partial charge in [0.25, 0.3) is 5.91 Å². The van der Waals surface area contributed by atoms with Crippen LogP contribution in [0.4, 0.5) is 5.69 Å². The second-order valence-corrected chi connectivity index (χ2v) is 10.4. The van der Waals surface area contributed by atoms with Crippen LogP contribution >= 0.6 is 0 Å². The summed E-state index contributed by atoms with van der Waals surface area (Å²) in [6.07, 6.45) is 5.33. The molecule has 2 amide bonds. The predicted molar refractivity (Wildman–Crippen MR) is 146 cm³/mol. The number of unbranched alkanes of at least 4 members (excludes halogenated alkanes) is 2. The molecule has 196 valence electrons. The lowest BCUT2D eigenvalue weighted by Crippen LogP contribution is -2.48. The first-order valence-corrected chi connectivity index (χ1v) is 13.5. The number of aromatic nitrogens is 2. The van der Waals surface area contributed by atoms with Gasteiger partial charge in [-0.1, -0.05) is 44.0 Å². The fourth-order valence-corrected chi connectivity index (χ4v) is 5.52. The van der Waals surface area contributed by atoms with Gasteiger partial charge in [-0.05, 0) is 55.0 Å². The van der Waals surface area contributed by atoms with E-state index < -0.39 is 0 Å². The maximum atomic E-state index is 13.5. The Morgan fingerprint density at radius 1 is 1.08 bits per heavy atom. The SMILES string of the molecule is CCCCCNC(=O)CN(CC(=O)N(C)N1Cc2ccccc2C1)c1cc2nn3c(c2cc1C)CCC3. The summed E-state index contributed by atoms with van der Waals surface area (Å²) in [6, 6.07) is 12.5. The number of likely N-dealkylation sites (N-methyl/N-ethyl adjacent to an activating group) is 1. The molecule has 8 nitrogen and oxygen atoms in total. The molecule has 3 aromatic rings. The minimum Gasteiger partial charge on any atom is -0.355 e. The zero-order valence-corrected chi connectivity index (χ0v) is 22.3. The Labute approximate surface area is 219 Å². The lowest BCUT2D eigenvalue weighted by molar-refractivity contribution is -0.145. The smallest absolute Gasteiger partial charge is 0.256 e. The van der Waals surface area contributed by atoms with Gasteiger partial charge >= 0.3 is 0 Å². The lowest BCUT2D eigenvalue weighted by atomic mass is 10.1. The fraction of sp³-hybridized carbons (Fsp3) is 0.483. The molecule has 2 aliphatic rings. The Kier molecular flexibility index (Phi) is 7.46. The van der Waals surface area contributed by atoms with Gasteiger partial charge in [-0.25, -0.2) is 5.01 Å². The highest BCUT2D eigenvalue weighted by Crippen LogP contribution is 2.31. The third-order valence-corrected chi connectivity index (χ3v) is 7.66. The number of rotatable bonds is 10. The molecule has 0 spiro atoms. The summed E-state index contributed by atoms with van der Waals surface area (Å²) < 4.78 is 2.10. The van der Waals surface area contributed by atoms with Crippen LogP contribution in [0.5, 0.6) is 0 Å². The van der Waals surface area contributed by atoms with Crippen LogP contribution in [0.3, 0.4) is 0 Å². The van der Waals surface area contributed by atoms with E-state index in [1.165, 1.54) is 22.2 Å². The number of amides is 2. The number of nitrogens with one attached hydrogen (secondary N) is 1. The van der Waals surface area contributed by atoms with E-state index in [0.717, 1.165) is 55.4 Å². The zero-order chi connectivity index (χ0) is 25.9. The minimum absolute atomic E-state index is 0.0431. The molecule has 0 saturated heterocycles. The molecule has 2 aliphatic heterocycles. The van der Waals surface area contributed by atoms with Crippen molar-refractivity contribution in [3.05, 3.63) is 58.8 Å². The molecule has 0 unspecified atom stereocenters. The standard InChI is InChI=1S/C29H38N6O2/c1-4-5-8-13-30-28(36)19-33(20-29(37)32(3)34-17-22-10-6-7-11-23(22)18-34)27-16-25-24(15-21(27)2)26-12-9-14-35(26)31-25/h6-7,10-11,15-16H,4-5,8-9,12-14,17-20H2,1-3H3,(H,30,36). The molecule has 0 aliphatic carbocycles. The summed E-state index contributed by atoms with van der Waals surface area (Å²) in [5.41, 5.74) is 6.66. The van der Waals surface area contributed by atoms with Gasteiger partial charge in [-0.3, -0.25) is 19.3 Å². The summed E-state index contributed by atoms with van der Waals surface area (Å²) in [4.78, 5) is 28.4. The Hall–Kier alpha value is -3.39. The van der Waals surface area contributed by atoms with Crippen molar-refractivity contribution in [1.29, 1.82) is 0 Å². The van der Waals surface area contributed by atoms with Gasteiger partial charge < -0.3 is 10.2 Å². The van der Waals surface area contributed by atoms with Crippen molar-refractivity contribution in [2.75, 3.05) is 31.6 Å². The van der Waals surface area contributed by atoms with Gasteiger partial charge in [0.05, 0.1) is 18.6 Å². The summed E-state index contributed by atoms with van der Waals surface area (Å²) in [7, 11) is 1.83. The maximum absolute atomic E-state index is 13.5. The number of hydrazine groups is 1. The van der Waals surface area contributed by atoms with Crippen molar-refractivity contribution in [3.8, 4) is 0 Å². The number of aryl methyl sites for hydroxylation is 3. The van der Waals surface area contributed by atoms with E-state index in [9.17, 15) is 9.59 Å². The number of carbonyl (C=O) groups excluding carboxylic acids is 2. The van der Waals surface area contributed by atoms with Crippen LogP contribution in [-0.2, 0) is 35.6 Å². The van der Waals surface area contributed by atoms with Crippen LogP contribution in [0.25, 0.3) is 10.9 Å². The van der Waals surface area contributed by atoms with Crippen LogP contribution in [0, 0.1) is 6.92 Å². The van der Waals surface area contributed by atoms with Gasteiger partial charge in [0.1, 0.15) is 0 Å². The normalized spacial score (nSPS) is 14.6. The third-order valence-electron chi connectivity index (χ3n) is 7.66. The van der Waals surface area contributed by atoms with Crippen molar-refractivity contribution < 1.29 is 9.59 Å². The minimum atomic E-state index is -0.0630. The van der Waals surface area contributed by atoms with Gasteiger partial charge in [0.15, 0.2) is 0 Å². The summed E-state index contributed by atoms with van der Waals surface area (Å²) in [5.74, 6) is -0.106. The van der Waals surface area contributed by atoms with E-state index in [1.807, 2.05) is 24.1 Å². The van der Waals surface area contributed by atoms with E-state index in [1.54, 1.807) is 5.01 Å². The summed E-state index contributed by atoms with van der Waals surface area (Å²) >= 11 is 0. The van der Waals surface area contributed by atoms with Crippen molar-refractivity contribution >= 4 is 28.4 Å². The molecule has 0 atom stereocenters. The average molecular weight is 503 g/mol. The lowest BCUT2D eigenvalue weighted by Gasteiger charge is -2.32. The molecule has 0 radical (unpaired) electrons. The number of anilines is 1.